The van der Waals surface area contributed by atoms with E-state index in [9.17, 15) is 0 Å². The summed E-state index contributed by atoms with van der Waals surface area (Å²) in [7, 11) is 3.99. The zero-order valence-electron chi connectivity index (χ0n) is 9.99. The highest BCUT2D eigenvalue weighted by molar-refractivity contribution is 4.88. The molecule has 1 rings (SSSR count). The summed E-state index contributed by atoms with van der Waals surface area (Å²) < 4.78 is 5.05. The van der Waals surface area contributed by atoms with E-state index in [1.54, 1.807) is 7.11 Å². The van der Waals surface area contributed by atoms with E-state index in [1.165, 1.54) is 13.1 Å². The van der Waals surface area contributed by atoms with Crippen molar-refractivity contribution in [1.82, 2.24) is 9.80 Å². The van der Waals surface area contributed by atoms with Gasteiger partial charge in [-0.05, 0) is 27.3 Å². The largest absolute Gasteiger partial charge is 0.385 e. The van der Waals surface area contributed by atoms with Crippen molar-refractivity contribution in [1.29, 1.82) is 0 Å². The third kappa shape index (κ3) is 3.23. The Morgan fingerprint density at radius 1 is 1.43 bits per heavy atom. The first-order valence-corrected chi connectivity index (χ1v) is 5.58. The van der Waals surface area contributed by atoms with E-state index in [0.29, 0.717) is 6.04 Å². The van der Waals surface area contributed by atoms with Crippen LogP contribution < -0.4 is 0 Å². The van der Waals surface area contributed by atoms with Crippen LogP contribution in [0.1, 0.15) is 20.3 Å². The minimum absolute atomic E-state index is 0.707. The Labute approximate surface area is 88.0 Å². The first-order valence-electron chi connectivity index (χ1n) is 5.58. The van der Waals surface area contributed by atoms with E-state index in [-0.39, 0.29) is 0 Å². The van der Waals surface area contributed by atoms with Crippen molar-refractivity contribution < 1.29 is 4.74 Å². The Bertz CT molecular complexity index is 155. The van der Waals surface area contributed by atoms with E-state index in [1.807, 2.05) is 0 Å². The number of likely N-dealkylation sites (tertiary alicyclic amines) is 1. The van der Waals surface area contributed by atoms with Gasteiger partial charge in [0, 0.05) is 45.4 Å². The second-order valence-corrected chi connectivity index (χ2v) is 4.53. The van der Waals surface area contributed by atoms with Gasteiger partial charge in [-0.2, -0.15) is 0 Å². The van der Waals surface area contributed by atoms with E-state index in [2.05, 4.69) is 30.7 Å². The summed E-state index contributed by atoms with van der Waals surface area (Å²) in [6.07, 6.45) is 1.14. The average Bonchev–Trinajstić information content (AvgIpc) is 2.01. The molecule has 0 aromatic rings. The number of likely N-dealkylation sites (N-methyl/N-ethyl adjacent to an activating group) is 1. The normalized spacial score (nSPS) is 19.3. The number of hydrogen-bond acceptors (Lipinski definition) is 3. The molecule has 0 saturated carbocycles. The van der Waals surface area contributed by atoms with E-state index >= 15 is 0 Å². The van der Waals surface area contributed by atoms with Gasteiger partial charge in [0.15, 0.2) is 0 Å². The lowest BCUT2D eigenvalue weighted by molar-refractivity contribution is 0.0236. The monoisotopic (exact) mass is 200 g/mol. The molecule has 0 atom stereocenters. The Kier molecular flexibility index (Phi) is 4.85. The summed E-state index contributed by atoms with van der Waals surface area (Å²) in [6, 6.07) is 1.48. The molecule has 0 aliphatic carbocycles. The topological polar surface area (TPSA) is 15.7 Å². The second-order valence-electron chi connectivity index (χ2n) is 4.53. The molecule has 0 radical (unpaired) electrons. The van der Waals surface area contributed by atoms with Crippen molar-refractivity contribution in [2.75, 3.05) is 40.4 Å². The molecule has 1 heterocycles. The molecule has 84 valence electrons. The van der Waals surface area contributed by atoms with Gasteiger partial charge in [-0.3, -0.25) is 4.90 Å². The van der Waals surface area contributed by atoms with Crippen LogP contribution in [0, 0.1) is 0 Å². The Balaban J connectivity index is 2.07. The molecule has 14 heavy (non-hydrogen) atoms. The quantitative estimate of drug-likeness (QED) is 0.596. The molecule has 3 heteroatoms. The Hall–Kier alpha value is -0.120. The van der Waals surface area contributed by atoms with Crippen molar-refractivity contribution in [2.24, 2.45) is 0 Å². The van der Waals surface area contributed by atoms with Gasteiger partial charge >= 0.3 is 0 Å². The molecule has 3 nitrogen and oxygen atoms in total. The van der Waals surface area contributed by atoms with Gasteiger partial charge in [0.05, 0.1) is 0 Å². The van der Waals surface area contributed by atoms with Gasteiger partial charge in [0.1, 0.15) is 0 Å². The molecular weight excluding hydrogens is 176 g/mol. The van der Waals surface area contributed by atoms with Crippen molar-refractivity contribution in [3.8, 4) is 0 Å². The van der Waals surface area contributed by atoms with Crippen LogP contribution in [0.2, 0.25) is 0 Å². The van der Waals surface area contributed by atoms with Crippen molar-refractivity contribution in [2.45, 2.75) is 32.4 Å². The van der Waals surface area contributed by atoms with Crippen LogP contribution >= 0.6 is 0 Å². The summed E-state index contributed by atoms with van der Waals surface area (Å²) in [6.45, 7) is 9.04. The molecule has 0 aromatic carbocycles. The fourth-order valence-electron chi connectivity index (χ4n) is 1.83. The van der Waals surface area contributed by atoms with Crippen LogP contribution in [0.15, 0.2) is 0 Å². The predicted molar refractivity (Wildman–Crippen MR) is 59.6 cm³/mol. The number of rotatable bonds is 6. The highest BCUT2D eigenvalue weighted by Gasteiger charge is 2.30. The van der Waals surface area contributed by atoms with Crippen molar-refractivity contribution in [3.63, 3.8) is 0 Å². The lowest BCUT2D eigenvalue weighted by Gasteiger charge is -2.46. The van der Waals surface area contributed by atoms with Gasteiger partial charge in [-0.25, -0.2) is 0 Å². The standard InChI is InChI=1S/C11H24N2O/c1-10(2)13-8-11(9-13)12(3)6-5-7-14-4/h10-11H,5-9H2,1-4H3. The molecule has 1 aliphatic rings. The second kappa shape index (κ2) is 5.69. The Morgan fingerprint density at radius 3 is 2.57 bits per heavy atom. The maximum Gasteiger partial charge on any atom is 0.0474 e. The SMILES string of the molecule is COCCCN(C)C1CN(C(C)C)C1. The molecule has 0 spiro atoms. The highest BCUT2D eigenvalue weighted by atomic mass is 16.5. The minimum atomic E-state index is 0.707. The number of hydrogen-bond donors (Lipinski definition) is 0. The summed E-state index contributed by atoms with van der Waals surface area (Å²) in [4.78, 5) is 4.97. The fraction of sp³-hybridized carbons (Fsp3) is 1.00. The molecule has 0 N–H and O–H groups in total. The first-order chi connectivity index (χ1) is 6.65. The molecule has 0 unspecified atom stereocenters. The van der Waals surface area contributed by atoms with Crippen LogP contribution in [-0.2, 0) is 4.74 Å². The number of nitrogens with zero attached hydrogens (tertiary/aromatic N) is 2. The Morgan fingerprint density at radius 2 is 2.07 bits per heavy atom. The summed E-state index contributed by atoms with van der Waals surface area (Å²) in [5.41, 5.74) is 0. The summed E-state index contributed by atoms with van der Waals surface area (Å²) in [5.74, 6) is 0. The molecular formula is C11H24N2O. The third-order valence-corrected chi connectivity index (χ3v) is 3.10. The fourth-order valence-corrected chi connectivity index (χ4v) is 1.83. The molecule has 1 aliphatic heterocycles. The van der Waals surface area contributed by atoms with Gasteiger partial charge in [0.25, 0.3) is 0 Å². The smallest absolute Gasteiger partial charge is 0.0474 e. The van der Waals surface area contributed by atoms with Crippen molar-refractivity contribution >= 4 is 0 Å². The average molecular weight is 200 g/mol. The van der Waals surface area contributed by atoms with Gasteiger partial charge < -0.3 is 9.64 Å². The first kappa shape index (κ1) is 12.0. The number of ether oxygens (including phenoxy) is 1. The molecule has 0 aromatic heterocycles. The van der Waals surface area contributed by atoms with E-state index in [0.717, 1.165) is 25.6 Å². The van der Waals surface area contributed by atoms with Crippen LogP contribution in [0.5, 0.6) is 0 Å². The maximum atomic E-state index is 5.05. The van der Waals surface area contributed by atoms with Gasteiger partial charge in [-0.15, -0.1) is 0 Å². The predicted octanol–water partition coefficient (Wildman–Crippen LogP) is 1.05. The summed E-state index contributed by atoms with van der Waals surface area (Å²) >= 11 is 0. The van der Waals surface area contributed by atoms with E-state index in [4.69, 9.17) is 4.74 Å². The van der Waals surface area contributed by atoms with Crippen LogP contribution in [0.4, 0.5) is 0 Å². The van der Waals surface area contributed by atoms with Crippen LogP contribution in [-0.4, -0.2) is 62.3 Å². The zero-order valence-corrected chi connectivity index (χ0v) is 9.99. The summed E-state index contributed by atoms with van der Waals surface area (Å²) in [5, 5.41) is 0. The highest BCUT2D eigenvalue weighted by Crippen LogP contribution is 2.16. The van der Waals surface area contributed by atoms with Crippen LogP contribution in [0.25, 0.3) is 0 Å². The van der Waals surface area contributed by atoms with Crippen molar-refractivity contribution in [3.05, 3.63) is 0 Å². The molecule has 0 bridgehead atoms. The van der Waals surface area contributed by atoms with E-state index < -0.39 is 0 Å². The maximum absolute atomic E-state index is 5.05. The number of methoxy groups -OCH3 is 1. The third-order valence-electron chi connectivity index (χ3n) is 3.10. The lowest BCUT2D eigenvalue weighted by Crippen LogP contribution is -2.60. The molecule has 1 fully saturated rings. The van der Waals surface area contributed by atoms with Gasteiger partial charge in [-0.1, -0.05) is 0 Å². The zero-order chi connectivity index (χ0) is 10.6. The minimum Gasteiger partial charge on any atom is -0.385 e. The molecule has 1 saturated heterocycles. The lowest BCUT2D eigenvalue weighted by atomic mass is 10.1. The van der Waals surface area contributed by atoms with Gasteiger partial charge in [0.2, 0.25) is 0 Å². The van der Waals surface area contributed by atoms with Crippen LogP contribution in [0.3, 0.4) is 0 Å². The molecule has 0 amide bonds.